The van der Waals surface area contributed by atoms with E-state index in [1.54, 1.807) is 0 Å². The van der Waals surface area contributed by atoms with E-state index in [-0.39, 0.29) is 0 Å². The zero-order valence-electron chi connectivity index (χ0n) is 19.7. The molecule has 0 saturated heterocycles. The fraction of sp³-hybridized carbons (Fsp3) is 0. The van der Waals surface area contributed by atoms with Crippen molar-refractivity contribution in [1.82, 2.24) is 4.98 Å². The third kappa shape index (κ3) is 3.45. The summed E-state index contributed by atoms with van der Waals surface area (Å²) in [6, 6.07) is 49.6. The second kappa shape index (κ2) is 8.48. The topological polar surface area (TPSA) is 12.9 Å². The number of benzene rings is 6. The van der Waals surface area contributed by atoms with Gasteiger partial charge >= 0.3 is 0 Å². The molecule has 0 fully saturated rings. The molecule has 0 saturated carbocycles. The maximum atomic E-state index is 5.14. The van der Waals surface area contributed by atoms with Crippen LogP contribution in [0.4, 0.5) is 0 Å². The standard InChI is InChI=1S/C35H23N/c1-2-9-24(10-3-1)28-12-8-13-29(23-28)25-17-19-27(20-18-25)35-32-22-21-26-11-4-5-14-30(26)34(32)31-15-6-7-16-33(31)36-35/h1-23H. The van der Waals surface area contributed by atoms with Gasteiger partial charge in [0.1, 0.15) is 0 Å². The SMILES string of the molecule is c1ccc(-c2cccc(-c3ccc(-c4nc5ccccc5c5c4ccc4ccccc45)cc3)c2)cc1. The lowest BCUT2D eigenvalue weighted by atomic mass is 9.94. The average Bonchev–Trinajstić information content (AvgIpc) is 2.97. The Morgan fingerprint density at radius 1 is 0.361 bits per heavy atom. The predicted octanol–water partition coefficient (Wildman–Crippen LogP) is 9.54. The van der Waals surface area contributed by atoms with Gasteiger partial charge in [-0.05, 0) is 45.2 Å². The highest BCUT2D eigenvalue weighted by Crippen LogP contribution is 2.37. The van der Waals surface area contributed by atoms with E-state index in [0.717, 1.165) is 16.8 Å². The summed E-state index contributed by atoms with van der Waals surface area (Å²) in [6.45, 7) is 0. The van der Waals surface area contributed by atoms with Gasteiger partial charge in [-0.3, -0.25) is 0 Å². The predicted molar refractivity (Wildman–Crippen MR) is 153 cm³/mol. The summed E-state index contributed by atoms with van der Waals surface area (Å²) in [7, 11) is 0. The van der Waals surface area contributed by atoms with Gasteiger partial charge in [0.2, 0.25) is 0 Å². The Balaban J connectivity index is 1.37. The Kier molecular flexibility index (Phi) is 4.85. The minimum Gasteiger partial charge on any atom is -0.247 e. The van der Waals surface area contributed by atoms with E-state index in [9.17, 15) is 0 Å². The molecule has 0 atom stereocenters. The number of hydrogen-bond donors (Lipinski definition) is 0. The summed E-state index contributed by atoms with van der Waals surface area (Å²) < 4.78 is 0. The highest BCUT2D eigenvalue weighted by molar-refractivity contribution is 6.22. The number of fused-ring (bicyclic) bond motifs is 5. The minimum absolute atomic E-state index is 1.02. The maximum absolute atomic E-state index is 5.14. The van der Waals surface area contributed by atoms with E-state index >= 15 is 0 Å². The van der Waals surface area contributed by atoms with E-state index in [1.807, 2.05) is 0 Å². The third-order valence-electron chi connectivity index (χ3n) is 7.05. The van der Waals surface area contributed by atoms with Gasteiger partial charge in [0, 0.05) is 21.7 Å². The van der Waals surface area contributed by atoms with Gasteiger partial charge < -0.3 is 0 Å². The highest BCUT2D eigenvalue weighted by Gasteiger charge is 2.13. The third-order valence-corrected chi connectivity index (χ3v) is 7.05. The first-order valence-corrected chi connectivity index (χ1v) is 12.3. The van der Waals surface area contributed by atoms with Crippen LogP contribution >= 0.6 is 0 Å². The average molecular weight is 458 g/mol. The van der Waals surface area contributed by atoms with Crippen LogP contribution in [-0.4, -0.2) is 4.98 Å². The van der Waals surface area contributed by atoms with Crippen LogP contribution < -0.4 is 0 Å². The molecule has 1 heteroatoms. The Morgan fingerprint density at radius 2 is 0.972 bits per heavy atom. The summed E-state index contributed by atoms with van der Waals surface area (Å²) in [6.07, 6.45) is 0. The van der Waals surface area contributed by atoms with Crippen LogP contribution in [0.5, 0.6) is 0 Å². The quantitative estimate of drug-likeness (QED) is 0.241. The smallest absolute Gasteiger partial charge is 0.0788 e. The van der Waals surface area contributed by atoms with Gasteiger partial charge in [0.25, 0.3) is 0 Å². The molecule has 0 radical (unpaired) electrons. The van der Waals surface area contributed by atoms with Gasteiger partial charge in [0.05, 0.1) is 11.2 Å². The van der Waals surface area contributed by atoms with Crippen LogP contribution in [0.15, 0.2) is 140 Å². The molecule has 1 aromatic heterocycles. The normalized spacial score (nSPS) is 11.3. The summed E-state index contributed by atoms with van der Waals surface area (Å²) in [5, 5.41) is 6.17. The Labute approximate surface area is 210 Å². The van der Waals surface area contributed by atoms with Crippen molar-refractivity contribution >= 4 is 32.4 Å². The molecular formula is C35H23N. The summed E-state index contributed by atoms with van der Waals surface area (Å²) >= 11 is 0. The molecule has 0 aliphatic rings. The fourth-order valence-electron chi connectivity index (χ4n) is 5.27. The molecule has 0 spiro atoms. The van der Waals surface area contributed by atoms with Crippen LogP contribution in [0.2, 0.25) is 0 Å². The van der Waals surface area contributed by atoms with Crippen LogP contribution in [0.3, 0.4) is 0 Å². The molecule has 168 valence electrons. The maximum Gasteiger partial charge on any atom is 0.0788 e. The van der Waals surface area contributed by atoms with Crippen molar-refractivity contribution in [1.29, 1.82) is 0 Å². The summed E-state index contributed by atoms with van der Waals surface area (Å²) in [5.74, 6) is 0. The number of nitrogens with zero attached hydrogens (tertiary/aromatic N) is 1. The van der Waals surface area contributed by atoms with Crippen molar-refractivity contribution in [3.63, 3.8) is 0 Å². The van der Waals surface area contributed by atoms with Crippen LogP contribution in [0, 0.1) is 0 Å². The van der Waals surface area contributed by atoms with Gasteiger partial charge in [-0.25, -0.2) is 4.98 Å². The Bertz CT molecular complexity index is 1850. The zero-order valence-corrected chi connectivity index (χ0v) is 19.7. The molecule has 6 aromatic carbocycles. The number of rotatable bonds is 3. The second-order valence-electron chi connectivity index (χ2n) is 9.21. The van der Waals surface area contributed by atoms with Crippen molar-refractivity contribution in [3.05, 3.63) is 140 Å². The summed E-state index contributed by atoms with van der Waals surface area (Å²) in [4.78, 5) is 5.14. The number of para-hydroxylation sites is 1. The summed E-state index contributed by atoms with van der Waals surface area (Å²) in [5.41, 5.74) is 8.05. The molecule has 36 heavy (non-hydrogen) atoms. The first-order chi connectivity index (χ1) is 17.8. The molecule has 0 amide bonds. The molecular weight excluding hydrogens is 434 g/mol. The van der Waals surface area contributed by atoms with Crippen LogP contribution in [0.25, 0.3) is 66.0 Å². The van der Waals surface area contributed by atoms with E-state index in [1.165, 1.54) is 49.2 Å². The Hall–Kier alpha value is -4.75. The molecule has 0 aliphatic carbocycles. The molecule has 0 N–H and O–H groups in total. The van der Waals surface area contributed by atoms with Gasteiger partial charge in [-0.1, -0.05) is 127 Å². The first-order valence-electron chi connectivity index (χ1n) is 12.3. The molecule has 7 rings (SSSR count). The van der Waals surface area contributed by atoms with E-state index < -0.39 is 0 Å². The highest BCUT2D eigenvalue weighted by atomic mass is 14.7. The second-order valence-corrected chi connectivity index (χ2v) is 9.21. The van der Waals surface area contributed by atoms with Crippen LogP contribution in [-0.2, 0) is 0 Å². The number of aromatic nitrogens is 1. The van der Waals surface area contributed by atoms with E-state index in [0.29, 0.717) is 0 Å². The van der Waals surface area contributed by atoms with Gasteiger partial charge in [0.15, 0.2) is 0 Å². The molecule has 7 aromatic rings. The largest absolute Gasteiger partial charge is 0.247 e. The minimum atomic E-state index is 1.02. The van der Waals surface area contributed by atoms with Crippen molar-refractivity contribution < 1.29 is 0 Å². The Morgan fingerprint density at radius 3 is 1.78 bits per heavy atom. The molecule has 1 heterocycles. The lowest BCUT2D eigenvalue weighted by Crippen LogP contribution is -1.91. The van der Waals surface area contributed by atoms with Crippen LogP contribution in [0.1, 0.15) is 0 Å². The van der Waals surface area contributed by atoms with Crippen molar-refractivity contribution in [3.8, 4) is 33.5 Å². The first kappa shape index (κ1) is 20.6. The van der Waals surface area contributed by atoms with E-state index in [4.69, 9.17) is 4.98 Å². The lowest BCUT2D eigenvalue weighted by Gasteiger charge is -2.13. The molecule has 0 bridgehead atoms. The number of pyridine rings is 1. The van der Waals surface area contributed by atoms with Gasteiger partial charge in [-0.2, -0.15) is 0 Å². The fourth-order valence-corrected chi connectivity index (χ4v) is 5.27. The lowest BCUT2D eigenvalue weighted by molar-refractivity contribution is 1.43. The van der Waals surface area contributed by atoms with E-state index in [2.05, 4.69) is 140 Å². The van der Waals surface area contributed by atoms with Crippen molar-refractivity contribution in [2.75, 3.05) is 0 Å². The van der Waals surface area contributed by atoms with Crippen molar-refractivity contribution in [2.24, 2.45) is 0 Å². The zero-order chi connectivity index (χ0) is 23.9. The monoisotopic (exact) mass is 457 g/mol. The molecule has 1 nitrogen and oxygen atoms in total. The van der Waals surface area contributed by atoms with Crippen molar-refractivity contribution in [2.45, 2.75) is 0 Å². The molecule has 0 unspecified atom stereocenters. The van der Waals surface area contributed by atoms with Gasteiger partial charge in [-0.15, -0.1) is 0 Å². The number of hydrogen-bond acceptors (Lipinski definition) is 1. The molecule has 0 aliphatic heterocycles.